The summed E-state index contributed by atoms with van der Waals surface area (Å²) in [5, 5.41) is 0. The van der Waals surface area contributed by atoms with Crippen LogP contribution in [0.4, 0.5) is 4.39 Å². The molecule has 4 nitrogen and oxygen atoms in total. The lowest BCUT2D eigenvalue weighted by atomic mass is 9.93. The molecule has 0 amide bonds. The van der Waals surface area contributed by atoms with Crippen molar-refractivity contribution in [1.29, 1.82) is 0 Å². The standard InChI is InChI=1S/C13H19FN2O2S/c1-10-5-4-8-16(12(10)9-15)19(17,18)13-7-3-2-6-11(13)14/h2-3,6-7,10,12H,4-5,8-9,15H2,1H3/t10-,12-/m0/s1. The molecule has 1 aliphatic rings. The Bertz CT molecular complexity index is 547. The highest BCUT2D eigenvalue weighted by Crippen LogP contribution is 2.29. The largest absolute Gasteiger partial charge is 0.329 e. The maximum absolute atomic E-state index is 13.7. The molecule has 1 saturated heterocycles. The molecule has 0 unspecified atom stereocenters. The molecule has 1 aliphatic heterocycles. The van der Waals surface area contributed by atoms with Gasteiger partial charge >= 0.3 is 0 Å². The van der Waals surface area contributed by atoms with Gasteiger partial charge in [0, 0.05) is 19.1 Å². The van der Waals surface area contributed by atoms with Crippen molar-refractivity contribution in [2.45, 2.75) is 30.7 Å². The molecule has 1 fully saturated rings. The number of nitrogens with zero attached hydrogens (tertiary/aromatic N) is 1. The number of piperidine rings is 1. The van der Waals surface area contributed by atoms with Gasteiger partial charge in [-0.05, 0) is 30.9 Å². The number of rotatable bonds is 3. The molecule has 2 N–H and O–H groups in total. The highest BCUT2D eigenvalue weighted by atomic mass is 32.2. The molecule has 19 heavy (non-hydrogen) atoms. The topological polar surface area (TPSA) is 63.4 Å². The third-order valence-corrected chi connectivity index (χ3v) is 5.69. The number of hydrogen-bond donors (Lipinski definition) is 1. The second kappa shape index (κ2) is 5.56. The first-order valence-corrected chi connectivity index (χ1v) is 7.89. The van der Waals surface area contributed by atoms with Crippen LogP contribution in [-0.4, -0.2) is 31.9 Å². The number of sulfonamides is 1. The van der Waals surface area contributed by atoms with E-state index in [1.165, 1.54) is 22.5 Å². The van der Waals surface area contributed by atoms with Crippen LogP contribution in [0.5, 0.6) is 0 Å². The van der Waals surface area contributed by atoms with Gasteiger partial charge in [0.15, 0.2) is 0 Å². The van der Waals surface area contributed by atoms with E-state index in [9.17, 15) is 12.8 Å². The van der Waals surface area contributed by atoms with E-state index >= 15 is 0 Å². The van der Waals surface area contributed by atoms with Crippen LogP contribution in [0.1, 0.15) is 19.8 Å². The van der Waals surface area contributed by atoms with E-state index in [4.69, 9.17) is 5.73 Å². The van der Waals surface area contributed by atoms with Gasteiger partial charge in [-0.3, -0.25) is 0 Å². The molecule has 0 aromatic heterocycles. The van der Waals surface area contributed by atoms with Crippen molar-refractivity contribution in [2.75, 3.05) is 13.1 Å². The van der Waals surface area contributed by atoms with Crippen LogP contribution in [0, 0.1) is 11.7 Å². The predicted octanol–water partition coefficient (Wildman–Crippen LogP) is 1.57. The zero-order valence-corrected chi connectivity index (χ0v) is 11.7. The quantitative estimate of drug-likeness (QED) is 0.917. The Morgan fingerprint density at radius 3 is 2.74 bits per heavy atom. The summed E-state index contributed by atoms with van der Waals surface area (Å²) in [6.45, 7) is 2.65. The molecule has 0 saturated carbocycles. The Labute approximate surface area is 113 Å². The van der Waals surface area contributed by atoms with Crippen molar-refractivity contribution in [3.8, 4) is 0 Å². The minimum Gasteiger partial charge on any atom is -0.329 e. The van der Waals surface area contributed by atoms with E-state index in [2.05, 4.69) is 0 Å². The number of nitrogens with two attached hydrogens (primary N) is 1. The minimum atomic E-state index is -3.81. The zero-order valence-electron chi connectivity index (χ0n) is 10.9. The Morgan fingerprint density at radius 2 is 2.11 bits per heavy atom. The van der Waals surface area contributed by atoms with Crippen LogP contribution in [0.25, 0.3) is 0 Å². The second-order valence-corrected chi connectivity index (χ2v) is 6.83. The molecular weight excluding hydrogens is 267 g/mol. The van der Waals surface area contributed by atoms with Crippen molar-refractivity contribution in [1.82, 2.24) is 4.31 Å². The summed E-state index contributed by atoms with van der Waals surface area (Å²) in [6.07, 6.45) is 1.73. The predicted molar refractivity (Wildman–Crippen MR) is 71.5 cm³/mol. The van der Waals surface area contributed by atoms with E-state index in [0.717, 1.165) is 18.9 Å². The first-order chi connectivity index (χ1) is 8.98. The fourth-order valence-corrected chi connectivity index (χ4v) is 4.48. The molecule has 6 heteroatoms. The van der Waals surface area contributed by atoms with E-state index < -0.39 is 15.8 Å². The van der Waals surface area contributed by atoms with Crippen molar-refractivity contribution in [3.63, 3.8) is 0 Å². The lowest BCUT2D eigenvalue weighted by Gasteiger charge is -2.38. The Balaban J connectivity index is 2.41. The van der Waals surface area contributed by atoms with Crippen LogP contribution in [0.15, 0.2) is 29.2 Å². The molecule has 1 aromatic carbocycles. The molecule has 0 bridgehead atoms. The molecule has 106 valence electrons. The van der Waals surface area contributed by atoms with Gasteiger partial charge in [0.2, 0.25) is 10.0 Å². The van der Waals surface area contributed by atoms with E-state index in [1.807, 2.05) is 6.92 Å². The van der Waals surface area contributed by atoms with Gasteiger partial charge in [0.1, 0.15) is 10.7 Å². The van der Waals surface area contributed by atoms with Crippen molar-refractivity contribution in [3.05, 3.63) is 30.1 Å². The van der Waals surface area contributed by atoms with Crippen molar-refractivity contribution in [2.24, 2.45) is 11.7 Å². The number of hydrogen-bond acceptors (Lipinski definition) is 3. The normalized spacial score (nSPS) is 25.4. The molecule has 1 heterocycles. The molecule has 0 spiro atoms. The zero-order chi connectivity index (χ0) is 14.0. The summed E-state index contributed by atoms with van der Waals surface area (Å²) >= 11 is 0. The first-order valence-electron chi connectivity index (χ1n) is 6.45. The highest BCUT2D eigenvalue weighted by molar-refractivity contribution is 7.89. The summed E-state index contributed by atoms with van der Waals surface area (Å²) in [4.78, 5) is -0.262. The van der Waals surface area contributed by atoms with Crippen LogP contribution in [-0.2, 0) is 10.0 Å². The average Bonchev–Trinajstić information content (AvgIpc) is 2.38. The summed E-state index contributed by atoms with van der Waals surface area (Å²) in [5.74, 6) is -0.517. The maximum Gasteiger partial charge on any atom is 0.246 e. The lowest BCUT2D eigenvalue weighted by molar-refractivity contribution is 0.192. The summed E-state index contributed by atoms with van der Waals surface area (Å²) in [7, 11) is -3.81. The van der Waals surface area contributed by atoms with Gasteiger partial charge in [-0.15, -0.1) is 0 Å². The second-order valence-electron chi connectivity index (χ2n) is 4.97. The monoisotopic (exact) mass is 286 g/mol. The molecular formula is C13H19FN2O2S. The third-order valence-electron chi connectivity index (χ3n) is 3.73. The Kier molecular flexibility index (Phi) is 4.23. The van der Waals surface area contributed by atoms with Crippen LogP contribution in [0.3, 0.4) is 0 Å². The van der Waals surface area contributed by atoms with Crippen molar-refractivity contribution < 1.29 is 12.8 Å². The van der Waals surface area contributed by atoms with E-state index in [-0.39, 0.29) is 23.4 Å². The van der Waals surface area contributed by atoms with Crippen molar-refractivity contribution >= 4 is 10.0 Å². The fraction of sp³-hybridized carbons (Fsp3) is 0.538. The molecule has 0 aliphatic carbocycles. The summed E-state index contributed by atoms with van der Waals surface area (Å²) in [5.41, 5.74) is 5.70. The Hall–Kier alpha value is -0.980. The van der Waals surface area contributed by atoms with Crippen LogP contribution in [0.2, 0.25) is 0 Å². The highest BCUT2D eigenvalue weighted by Gasteiger charge is 2.37. The minimum absolute atomic E-state index is 0.195. The average molecular weight is 286 g/mol. The smallest absolute Gasteiger partial charge is 0.246 e. The number of benzene rings is 1. The van der Waals surface area contributed by atoms with Gasteiger partial charge in [-0.1, -0.05) is 19.1 Å². The molecule has 0 radical (unpaired) electrons. The number of halogens is 1. The summed E-state index contributed by atoms with van der Waals surface area (Å²) in [6, 6.07) is 5.22. The van der Waals surface area contributed by atoms with Gasteiger partial charge < -0.3 is 5.73 Å². The van der Waals surface area contributed by atoms with Gasteiger partial charge in [-0.2, -0.15) is 4.31 Å². The molecule has 2 atom stereocenters. The SMILES string of the molecule is C[C@H]1CCCN(S(=O)(=O)c2ccccc2F)[C@H]1CN. The van der Waals surface area contributed by atoms with Gasteiger partial charge in [-0.25, -0.2) is 12.8 Å². The summed E-state index contributed by atoms with van der Waals surface area (Å²) < 4.78 is 40.2. The Morgan fingerprint density at radius 1 is 1.42 bits per heavy atom. The molecule has 1 aromatic rings. The van der Waals surface area contributed by atoms with Crippen LogP contribution < -0.4 is 5.73 Å². The lowest BCUT2D eigenvalue weighted by Crippen LogP contribution is -2.51. The maximum atomic E-state index is 13.7. The first kappa shape index (κ1) is 14.4. The van der Waals surface area contributed by atoms with Gasteiger partial charge in [0.25, 0.3) is 0 Å². The van der Waals surface area contributed by atoms with Gasteiger partial charge in [0.05, 0.1) is 0 Å². The van der Waals surface area contributed by atoms with Crippen LogP contribution >= 0.6 is 0 Å². The third kappa shape index (κ3) is 2.66. The van der Waals surface area contributed by atoms with E-state index in [1.54, 1.807) is 0 Å². The molecule has 2 rings (SSSR count). The van der Waals surface area contributed by atoms with E-state index in [0.29, 0.717) is 6.54 Å². The fourth-order valence-electron chi connectivity index (χ4n) is 2.64.